The van der Waals surface area contributed by atoms with E-state index in [9.17, 15) is 0 Å². The summed E-state index contributed by atoms with van der Waals surface area (Å²) in [5.41, 5.74) is 0. The van der Waals surface area contributed by atoms with Crippen molar-refractivity contribution in [2.45, 2.75) is 0 Å². The van der Waals surface area contributed by atoms with Crippen molar-refractivity contribution in [3.8, 4) is 4.97 Å². The van der Waals surface area contributed by atoms with Gasteiger partial charge in [0.2, 0.25) is 0 Å². The predicted octanol–water partition coefficient (Wildman–Crippen LogP) is 0.0118. The largest absolute Gasteiger partial charge is 0 e. The van der Waals surface area contributed by atoms with Crippen LogP contribution in [0.3, 0.4) is 0 Å². The van der Waals surface area contributed by atoms with E-state index < -0.39 is 0 Å². The van der Waals surface area contributed by atoms with E-state index in [1.54, 1.807) is 0 Å². The first kappa shape index (κ1) is 8.87. The molecule has 0 saturated carbocycles. The van der Waals surface area contributed by atoms with Crippen LogP contribution in [0.25, 0.3) is 0 Å². The van der Waals surface area contributed by atoms with Gasteiger partial charge in [0.15, 0.2) is 0 Å². The van der Waals surface area contributed by atoms with E-state index >= 15 is 0 Å². The van der Waals surface area contributed by atoms with Crippen LogP contribution in [0, 0.1) is 10.2 Å². The smallest absolute Gasteiger partial charge is 0 e. The molecular formula is CCdFeN. The molecule has 0 aromatic heterocycles. The van der Waals surface area contributed by atoms with E-state index in [0.717, 1.165) is 0 Å². The average Bonchev–Trinajstić information content (AvgIpc) is 0.918. The molecule has 4 heavy (non-hydrogen) atoms. The molecule has 0 amide bonds. The molecule has 0 spiro atoms. The van der Waals surface area contributed by atoms with Gasteiger partial charge in [-0.15, -0.1) is 0 Å². The Morgan fingerprint density at radius 1 is 1.75 bits per heavy atom. The second-order valence-electron chi connectivity index (χ2n) is 0.0791. The Hall–Kier alpha value is 0.932. The third-order valence-electron chi connectivity index (χ3n) is 0. The van der Waals surface area contributed by atoms with Gasteiger partial charge in [-0.3, -0.25) is 0 Å². The fourth-order valence-corrected chi connectivity index (χ4v) is 0. The van der Waals surface area contributed by atoms with Gasteiger partial charge in [-0.1, -0.05) is 0 Å². The van der Waals surface area contributed by atoms with Gasteiger partial charge in [0.25, 0.3) is 0 Å². The van der Waals surface area contributed by atoms with Crippen LogP contribution >= 0.6 is 0 Å². The number of rotatable bonds is 0. The van der Waals surface area contributed by atoms with Crippen LogP contribution in [0.4, 0.5) is 0 Å². The Kier molecular flexibility index (Phi) is 20.1. The molecule has 0 aliphatic rings. The zero-order valence-electron chi connectivity index (χ0n) is 2.01. The molecule has 0 N–H and O–H groups in total. The first-order valence-electron chi connectivity index (χ1n) is 0.400. The Balaban J connectivity index is 0. The van der Waals surface area contributed by atoms with Crippen LogP contribution in [0.5, 0.6) is 0 Å². The van der Waals surface area contributed by atoms with E-state index in [1.165, 1.54) is 4.97 Å². The molecule has 19 valence electrons. The van der Waals surface area contributed by atoms with Gasteiger partial charge in [-0.05, 0) is 0 Å². The van der Waals surface area contributed by atoms with Crippen molar-refractivity contribution in [3.05, 3.63) is 0 Å². The van der Waals surface area contributed by atoms with E-state index in [1.807, 2.05) is 0 Å². The molecule has 0 unspecified atom stereocenters. The zero-order valence-corrected chi connectivity index (χ0v) is 7.15. The van der Waals surface area contributed by atoms with Crippen molar-refractivity contribution in [3.63, 3.8) is 0 Å². The average molecular weight is 194 g/mol. The molecule has 0 fully saturated rings. The Labute approximate surface area is 53.3 Å². The molecule has 3 heteroatoms. The molecule has 0 aromatic carbocycles. The molecule has 0 aliphatic carbocycles. The topological polar surface area (TPSA) is 23.8 Å². The standard InChI is InChI=1S/CN.Cd.Fe/c1-2;;. The summed E-state index contributed by atoms with van der Waals surface area (Å²) in [6, 6.07) is 0. The van der Waals surface area contributed by atoms with Crippen LogP contribution in [0.1, 0.15) is 0 Å². The zero-order chi connectivity index (χ0) is 2.71. The molecule has 0 atom stereocenters. The molecular weight excluding hydrogens is 194 g/mol. The van der Waals surface area contributed by atoms with Crippen molar-refractivity contribution >= 4 is 0 Å². The van der Waals surface area contributed by atoms with Gasteiger partial charge in [0.1, 0.15) is 0 Å². The Morgan fingerprint density at radius 2 is 1.75 bits per heavy atom. The molecule has 0 radical (unpaired) electrons. The van der Waals surface area contributed by atoms with Crippen LogP contribution in [-0.2, 0) is 43.3 Å². The molecule has 0 rings (SSSR count). The third-order valence-corrected chi connectivity index (χ3v) is 0. The van der Waals surface area contributed by atoms with Crippen LogP contribution in [-0.4, -0.2) is 0 Å². The molecule has 0 heterocycles. The minimum absolute atomic E-state index is 0. The number of nitrogens with zero attached hydrogens (tertiary/aromatic N) is 1. The first-order valence-corrected chi connectivity index (χ1v) is 0.952. The summed E-state index contributed by atoms with van der Waals surface area (Å²) < 4.78 is 0. The van der Waals surface area contributed by atoms with Crippen molar-refractivity contribution < 1.29 is 43.3 Å². The Morgan fingerprint density at radius 3 is 1.75 bits per heavy atom. The second-order valence-corrected chi connectivity index (χ2v) is 0.326. The number of nitriles is 1. The SMILES string of the molecule is N#[C][Fe].[Cd]. The minimum atomic E-state index is 0. The van der Waals surface area contributed by atoms with E-state index in [0.29, 0.717) is 0 Å². The van der Waals surface area contributed by atoms with Gasteiger partial charge in [-0.2, -0.15) is 0 Å². The fourth-order valence-electron chi connectivity index (χ4n) is 0. The van der Waals surface area contributed by atoms with Gasteiger partial charge in [0, 0.05) is 27.3 Å². The van der Waals surface area contributed by atoms with Crippen molar-refractivity contribution in [1.82, 2.24) is 0 Å². The quantitative estimate of drug-likeness (QED) is 0.498. The van der Waals surface area contributed by atoms with Crippen molar-refractivity contribution in [1.29, 1.82) is 5.26 Å². The van der Waals surface area contributed by atoms with Crippen molar-refractivity contribution in [2.24, 2.45) is 0 Å². The summed E-state index contributed by atoms with van der Waals surface area (Å²) in [6.07, 6.45) is 0. The van der Waals surface area contributed by atoms with Crippen LogP contribution in [0.15, 0.2) is 0 Å². The molecule has 0 aliphatic heterocycles. The summed E-state index contributed by atoms with van der Waals surface area (Å²) in [5.74, 6) is 0. The van der Waals surface area contributed by atoms with Crippen LogP contribution in [0.2, 0.25) is 0 Å². The van der Waals surface area contributed by atoms with Crippen molar-refractivity contribution in [2.75, 3.05) is 0 Å². The first-order chi connectivity index (χ1) is 1.41. The summed E-state index contributed by atoms with van der Waals surface area (Å²) in [5, 5.41) is 7.21. The Bertz CT molecular complexity index is 29.5. The summed E-state index contributed by atoms with van der Waals surface area (Å²) in [7, 11) is 0. The monoisotopic (exact) mass is 196 g/mol. The maximum atomic E-state index is 7.21. The van der Waals surface area contributed by atoms with E-state index in [2.05, 4.69) is 16.0 Å². The maximum Gasteiger partial charge on any atom is 0 e. The number of hydrogen-bond acceptors (Lipinski definition) is 1. The minimum Gasteiger partial charge on any atom is 0 e. The summed E-state index contributed by atoms with van der Waals surface area (Å²) in [6.45, 7) is 0. The molecule has 0 aromatic rings. The third kappa shape index (κ3) is 12.6. The normalized spacial score (nSPS) is 2.00. The second kappa shape index (κ2) is 9.06. The fraction of sp³-hybridized carbons (Fsp3) is 0. The van der Waals surface area contributed by atoms with Gasteiger partial charge < -0.3 is 0 Å². The van der Waals surface area contributed by atoms with Crippen LogP contribution < -0.4 is 0 Å². The number of hydrogen-bond donors (Lipinski definition) is 0. The van der Waals surface area contributed by atoms with E-state index in [4.69, 9.17) is 5.26 Å². The molecule has 0 saturated heterocycles. The van der Waals surface area contributed by atoms with Gasteiger partial charge in [0.05, 0.1) is 0 Å². The van der Waals surface area contributed by atoms with Gasteiger partial charge in [-0.25, -0.2) is 0 Å². The maximum absolute atomic E-state index is 7.21. The summed E-state index contributed by atoms with van der Waals surface area (Å²) >= 11 is 2.79. The van der Waals surface area contributed by atoms with E-state index in [-0.39, 0.29) is 27.3 Å². The predicted molar refractivity (Wildman–Crippen MR) is 5.61 cm³/mol. The van der Waals surface area contributed by atoms with Gasteiger partial charge >= 0.3 is 26.2 Å². The molecule has 0 bridgehead atoms. The molecule has 1 nitrogen and oxygen atoms in total. The summed E-state index contributed by atoms with van der Waals surface area (Å²) in [4.78, 5) is 1.50.